The summed E-state index contributed by atoms with van der Waals surface area (Å²) in [5.74, 6) is -0.301. The van der Waals surface area contributed by atoms with Crippen LogP contribution in [0.3, 0.4) is 0 Å². The molecule has 0 saturated heterocycles. The molecule has 0 bridgehead atoms. The largest absolute Gasteiger partial charge is 0.469 e. The van der Waals surface area contributed by atoms with Gasteiger partial charge in [0.2, 0.25) is 0 Å². The first-order valence-electron chi connectivity index (χ1n) is 6.47. The summed E-state index contributed by atoms with van der Waals surface area (Å²) >= 11 is 0. The lowest BCUT2D eigenvalue weighted by molar-refractivity contribution is -0.144. The van der Waals surface area contributed by atoms with Gasteiger partial charge in [0.25, 0.3) is 0 Å². The second-order valence-corrected chi connectivity index (χ2v) is 4.69. The van der Waals surface area contributed by atoms with E-state index in [0.717, 1.165) is 6.54 Å². The van der Waals surface area contributed by atoms with E-state index in [9.17, 15) is 4.79 Å². The van der Waals surface area contributed by atoms with Gasteiger partial charge in [0.05, 0.1) is 13.0 Å². The molecule has 2 rings (SSSR count). The lowest BCUT2D eigenvalue weighted by Crippen LogP contribution is -2.27. The zero-order valence-electron chi connectivity index (χ0n) is 11.3. The summed E-state index contributed by atoms with van der Waals surface area (Å²) < 4.78 is 4.71. The fourth-order valence-electron chi connectivity index (χ4n) is 2.15. The second-order valence-electron chi connectivity index (χ2n) is 4.69. The molecule has 0 aliphatic carbocycles. The standard InChI is InChI=1S/C16H19NO2/c1-12(16(18)19-2)10-17-11-14-8-5-7-13-6-3-4-9-15(13)14/h3-9,12,17H,10-11H2,1-2H3. The van der Waals surface area contributed by atoms with Crippen LogP contribution in [-0.2, 0) is 16.1 Å². The van der Waals surface area contributed by atoms with Crippen LogP contribution in [0.2, 0.25) is 0 Å². The number of carbonyl (C=O) groups is 1. The van der Waals surface area contributed by atoms with Gasteiger partial charge in [-0.15, -0.1) is 0 Å². The number of benzene rings is 2. The highest BCUT2D eigenvalue weighted by Gasteiger charge is 2.12. The number of hydrogen-bond acceptors (Lipinski definition) is 3. The van der Waals surface area contributed by atoms with E-state index in [1.165, 1.54) is 23.4 Å². The smallest absolute Gasteiger partial charge is 0.309 e. The first kappa shape index (κ1) is 13.6. The Kier molecular flexibility index (Phi) is 4.53. The number of fused-ring (bicyclic) bond motifs is 1. The molecule has 2 aromatic carbocycles. The predicted octanol–water partition coefficient (Wildman–Crippen LogP) is 2.74. The highest BCUT2D eigenvalue weighted by Crippen LogP contribution is 2.18. The molecule has 1 N–H and O–H groups in total. The number of hydrogen-bond donors (Lipinski definition) is 1. The van der Waals surface area contributed by atoms with Crippen molar-refractivity contribution < 1.29 is 9.53 Å². The van der Waals surface area contributed by atoms with E-state index in [2.05, 4.69) is 35.6 Å². The highest BCUT2D eigenvalue weighted by atomic mass is 16.5. The molecule has 1 unspecified atom stereocenters. The average Bonchev–Trinajstić information content (AvgIpc) is 2.46. The van der Waals surface area contributed by atoms with E-state index in [4.69, 9.17) is 4.74 Å². The Bertz CT molecular complexity index is 560. The van der Waals surface area contributed by atoms with Gasteiger partial charge in [-0.1, -0.05) is 49.4 Å². The third-order valence-corrected chi connectivity index (χ3v) is 3.25. The van der Waals surface area contributed by atoms with E-state index in [-0.39, 0.29) is 11.9 Å². The molecule has 0 aliphatic rings. The van der Waals surface area contributed by atoms with Crippen LogP contribution in [-0.4, -0.2) is 19.6 Å². The van der Waals surface area contributed by atoms with Crippen molar-refractivity contribution in [3.05, 3.63) is 48.0 Å². The Morgan fingerprint density at radius 3 is 2.74 bits per heavy atom. The van der Waals surface area contributed by atoms with Crippen LogP contribution in [0.15, 0.2) is 42.5 Å². The van der Waals surface area contributed by atoms with Crippen LogP contribution in [0.25, 0.3) is 10.8 Å². The quantitative estimate of drug-likeness (QED) is 0.837. The van der Waals surface area contributed by atoms with Gasteiger partial charge in [0.1, 0.15) is 0 Å². The van der Waals surface area contributed by atoms with Crippen molar-refractivity contribution in [1.29, 1.82) is 0 Å². The van der Waals surface area contributed by atoms with Crippen LogP contribution >= 0.6 is 0 Å². The van der Waals surface area contributed by atoms with Crippen molar-refractivity contribution in [2.75, 3.05) is 13.7 Å². The molecule has 3 nitrogen and oxygen atoms in total. The molecule has 0 heterocycles. The number of ether oxygens (including phenoxy) is 1. The molecule has 2 aromatic rings. The molecule has 1 atom stereocenters. The molecule has 0 radical (unpaired) electrons. The monoisotopic (exact) mass is 257 g/mol. The van der Waals surface area contributed by atoms with E-state index >= 15 is 0 Å². The zero-order chi connectivity index (χ0) is 13.7. The van der Waals surface area contributed by atoms with Crippen molar-refractivity contribution in [3.63, 3.8) is 0 Å². The maximum absolute atomic E-state index is 11.3. The molecule has 3 heteroatoms. The Balaban J connectivity index is 2.00. The molecule has 0 fully saturated rings. The zero-order valence-corrected chi connectivity index (χ0v) is 11.3. The van der Waals surface area contributed by atoms with Crippen LogP contribution in [0.5, 0.6) is 0 Å². The number of methoxy groups -OCH3 is 1. The number of nitrogens with one attached hydrogen (secondary N) is 1. The molecular formula is C16H19NO2. The third-order valence-electron chi connectivity index (χ3n) is 3.25. The van der Waals surface area contributed by atoms with Crippen molar-refractivity contribution in [2.24, 2.45) is 5.92 Å². The van der Waals surface area contributed by atoms with Gasteiger partial charge < -0.3 is 10.1 Å². The van der Waals surface area contributed by atoms with Crippen molar-refractivity contribution in [3.8, 4) is 0 Å². The van der Waals surface area contributed by atoms with E-state index < -0.39 is 0 Å². The Morgan fingerprint density at radius 1 is 1.21 bits per heavy atom. The SMILES string of the molecule is COC(=O)C(C)CNCc1cccc2ccccc12. The van der Waals surface area contributed by atoms with Crippen LogP contribution in [0.1, 0.15) is 12.5 Å². The van der Waals surface area contributed by atoms with Gasteiger partial charge in [-0.2, -0.15) is 0 Å². The van der Waals surface area contributed by atoms with Crippen molar-refractivity contribution in [2.45, 2.75) is 13.5 Å². The van der Waals surface area contributed by atoms with Crippen molar-refractivity contribution in [1.82, 2.24) is 5.32 Å². The van der Waals surface area contributed by atoms with Crippen LogP contribution in [0.4, 0.5) is 0 Å². The first-order valence-corrected chi connectivity index (χ1v) is 6.47. The highest BCUT2D eigenvalue weighted by molar-refractivity contribution is 5.85. The Hall–Kier alpha value is -1.87. The van der Waals surface area contributed by atoms with Gasteiger partial charge in [-0.3, -0.25) is 4.79 Å². The maximum Gasteiger partial charge on any atom is 0.309 e. The minimum atomic E-state index is -0.176. The fourth-order valence-corrected chi connectivity index (χ4v) is 2.15. The molecular weight excluding hydrogens is 238 g/mol. The molecule has 0 aromatic heterocycles. The van der Waals surface area contributed by atoms with Crippen molar-refractivity contribution >= 4 is 16.7 Å². The minimum absolute atomic E-state index is 0.125. The van der Waals surface area contributed by atoms with Gasteiger partial charge in [0.15, 0.2) is 0 Å². The van der Waals surface area contributed by atoms with Crippen LogP contribution in [0, 0.1) is 5.92 Å². The van der Waals surface area contributed by atoms with E-state index in [1.807, 2.05) is 19.1 Å². The number of carbonyl (C=O) groups excluding carboxylic acids is 1. The Morgan fingerprint density at radius 2 is 1.95 bits per heavy atom. The minimum Gasteiger partial charge on any atom is -0.469 e. The topological polar surface area (TPSA) is 38.3 Å². The maximum atomic E-state index is 11.3. The van der Waals surface area contributed by atoms with Gasteiger partial charge in [0, 0.05) is 13.1 Å². The third kappa shape index (κ3) is 3.32. The van der Waals surface area contributed by atoms with Gasteiger partial charge in [-0.05, 0) is 16.3 Å². The molecule has 100 valence electrons. The lowest BCUT2D eigenvalue weighted by Gasteiger charge is -2.11. The molecule has 19 heavy (non-hydrogen) atoms. The predicted molar refractivity (Wildman–Crippen MR) is 76.8 cm³/mol. The van der Waals surface area contributed by atoms with Crippen LogP contribution < -0.4 is 5.32 Å². The molecule has 0 amide bonds. The summed E-state index contributed by atoms with van der Waals surface area (Å²) in [6.45, 7) is 3.24. The fraction of sp³-hybridized carbons (Fsp3) is 0.312. The van der Waals surface area contributed by atoms with E-state index in [1.54, 1.807) is 0 Å². The summed E-state index contributed by atoms with van der Waals surface area (Å²) in [7, 11) is 1.42. The van der Waals surface area contributed by atoms with E-state index in [0.29, 0.717) is 6.54 Å². The summed E-state index contributed by atoms with van der Waals surface area (Å²) in [6.07, 6.45) is 0. The summed E-state index contributed by atoms with van der Waals surface area (Å²) in [5, 5.41) is 5.80. The molecule has 0 aliphatic heterocycles. The molecule has 0 spiro atoms. The number of esters is 1. The summed E-state index contributed by atoms with van der Waals surface area (Å²) in [5.41, 5.74) is 1.25. The summed E-state index contributed by atoms with van der Waals surface area (Å²) in [4.78, 5) is 11.3. The van der Waals surface area contributed by atoms with Gasteiger partial charge >= 0.3 is 5.97 Å². The average molecular weight is 257 g/mol. The number of rotatable bonds is 5. The lowest BCUT2D eigenvalue weighted by atomic mass is 10.0. The first-order chi connectivity index (χ1) is 9.22. The summed E-state index contributed by atoms with van der Waals surface area (Å²) in [6, 6.07) is 14.6. The normalized spacial score (nSPS) is 12.3. The molecule has 0 saturated carbocycles. The van der Waals surface area contributed by atoms with Gasteiger partial charge in [-0.25, -0.2) is 0 Å². The Labute approximate surface area is 113 Å². The second kappa shape index (κ2) is 6.34.